The van der Waals surface area contributed by atoms with E-state index in [0.29, 0.717) is 10.0 Å². The Labute approximate surface area is 163 Å². The first-order valence-corrected chi connectivity index (χ1v) is 9.86. The number of aryl methyl sites for hydroxylation is 1. The van der Waals surface area contributed by atoms with Crippen molar-refractivity contribution in [2.75, 3.05) is 29.4 Å². The third-order valence-electron chi connectivity index (χ3n) is 5.03. The van der Waals surface area contributed by atoms with Crippen molar-refractivity contribution >= 4 is 51.6 Å². The molecule has 0 saturated carbocycles. The van der Waals surface area contributed by atoms with E-state index in [1.165, 1.54) is 11.2 Å². The number of imidazole rings is 1. The second kappa shape index (κ2) is 7.01. The molecule has 0 bridgehead atoms. The fourth-order valence-electron chi connectivity index (χ4n) is 3.81. The molecule has 0 saturated heterocycles. The number of halogens is 2. The summed E-state index contributed by atoms with van der Waals surface area (Å²) in [5.41, 5.74) is 4.44. The van der Waals surface area contributed by atoms with Crippen LogP contribution in [0.1, 0.15) is 20.3 Å². The highest BCUT2D eigenvalue weighted by Crippen LogP contribution is 2.39. The van der Waals surface area contributed by atoms with E-state index in [-0.39, 0.29) is 0 Å². The van der Waals surface area contributed by atoms with Crippen LogP contribution in [0.15, 0.2) is 36.4 Å². The Hall–Kier alpha value is -1.91. The summed E-state index contributed by atoms with van der Waals surface area (Å²) in [7, 11) is 0. The summed E-state index contributed by atoms with van der Waals surface area (Å²) >= 11 is 12.6. The Morgan fingerprint density at radius 3 is 2.62 bits per heavy atom. The van der Waals surface area contributed by atoms with Crippen LogP contribution < -0.4 is 9.80 Å². The molecule has 0 N–H and O–H groups in total. The third kappa shape index (κ3) is 2.81. The van der Waals surface area contributed by atoms with E-state index < -0.39 is 0 Å². The fourth-order valence-corrected chi connectivity index (χ4v) is 4.32. The van der Waals surface area contributed by atoms with Gasteiger partial charge in [0.15, 0.2) is 0 Å². The van der Waals surface area contributed by atoms with Gasteiger partial charge in [-0.2, -0.15) is 0 Å². The average Bonchev–Trinajstić information content (AvgIpc) is 3.02. The van der Waals surface area contributed by atoms with Crippen molar-refractivity contribution in [2.24, 2.45) is 0 Å². The van der Waals surface area contributed by atoms with Gasteiger partial charge in [0, 0.05) is 31.2 Å². The van der Waals surface area contributed by atoms with Gasteiger partial charge >= 0.3 is 0 Å². The minimum absolute atomic E-state index is 0.646. The average molecular weight is 389 g/mol. The molecule has 1 aliphatic rings. The predicted molar refractivity (Wildman–Crippen MR) is 111 cm³/mol. The SMILES string of the molecule is CCN(CC)c1cccc2nc3n(c12)CCCN3c1ccc(Cl)cc1Cl. The van der Waals surface area contributed by atoms with E-state index in [2.05, 4.69) is 46.4 Å². The maximum atomic E-state index is 6.48. The largest absolute Gasteiger partial charge is 0.370 e. The number of nitrogens with zero attached hydrogens (tertiary/aromatic N) is 4. The molecule has 6 heteroatoms. The van der Waals surface area contributed by atoms with E-state index in [9.17, 15) is 0 Å². The number of para-hydroxylation sites is 1. The molecular formula is C20H22Cl2N4. The molecule has 136 valence electrons. The van der Waals surface area contributed by atoms with Gasteiger partial charge in [0.1, 0.15) is 0 Å². The first kappa shape index (κ1) is 17.5. The summed E-state index contributed by atoms with van der Waals surface area (Å²) in [4.78, 5) is 9.54. The highest BCUT2D eigenvalue weighted by atomic mass is 35.5. The van der Waals surface area contributed by atoms with Gasteiger partial charge in [-0.15, -0.1) is 0 Å². The number of aromatic nitrogens is 2. The van der Waals surface area contributed by atoms with Gasteiger partial charge in [0.25, 0.3) is 0 Å². The molecule has 1 aliphatic heterocycles. The van der Waals surface area contributed by atoms with Crippen LogP contribution >= 0.6 is 23.2 Å². The molecule has 3 aromatic rings. The maximum Gasteiger partial charge on any atom is 0.211 e. The molecule has 0 fully saturated rings. The predicted octanol–water partition coefficient (Wildman–Crippen LogP) is 5.73. The van der Waals surface area contributed by atoms with Crippen LogP contribution in [-0.4, -0.2) is 29.2 Å². The summed E-state index contributed by atoms with van der Waals surface area (Å²) in [6.45, 7) is 8.19. The molecule has 2 aromatic carbocycles. The first-order valence-electron chi connectivity index (χ1n) is 9.10. The highest BCUT2D eigenvalue weighted by Gasteiger charge is 2.26. The molecule has 0 spiro atoms. The lowest BCUT2D eigenvalue weighted by atomic mass is 10.2. The molecule has 1 aromatic heterocycles. The zero-order valence-corrected chi connectivity index (χ0v) is 16.6. The normalized spacial score (nSPS) is 13.9. The van der Waals surface area contributed by atoms with Gasteiger partial charge in [0.05, 0.1) is 27.4 Å². The topological polar surface area (TPSA) is 24.3 Å². The van der Waals surface area contributed by atoms with Crippen molar-refractivity contribution in [3.05, 3.63) is 46.4 Å². The Morgan fingerprint density at radius 2 is 1.88 bits per heavy atom. The number of benzene rings is 2. The van der Waals surface area contributed by atoms with Crippen molar-refractivity contribution in [3.8, 4) is 0 Å². The highest BCUT2D eigenvalue weighted by molar-refractivity contribution is 6.36. The van der Waals surface area contributed by atoms with Gasteiger partial charge in [-0.3, -0.25) is 0 Å². The molecule has 4 nitrogen and oxygen atoms in total. The van der Waals surface area contributed by atoms with Crippen molar-refractivity contribution in [1.29, 1.82) is 0 Å². The fraction of sp³-hybridized carbons (Fsp3) is 0.350. The number of hydrogen-bond acceptors (Lipinski definition) is 3. The second-order valence-corrected chi connectivity index (χ2v) is 7.33. The zero-order valence-electron chi connectivity index (χ0n) is 15.0. The standard InChI is InChI=1S/C20H22Cl2N4/c1-3-24(4-2)18-8-5-7-16-19(18)26-12-6-11-25(20(26)23-16)17-10-9-14(21)13-15(17)22/h5,7-10,13H,3-4,6,11-12H2,1-2H3. The molecule has 0 aliphatic carbocycles. The van der Waals surface area contributed by atoms with Crippen LogP contribution in [0.25, 0.3) is 11.0 Å². The second-order valence-electron chi connectivity index (χ2n) is 6.48. The molecule has 26 heavy (non-hydrogen) atoms. The summed E-state index contributed by atoms with van der Waals surface area (Å²) in [6.07, 6.45) is 1.05. The van der Waals surface area contributed by atoms with Gasteiger partial charge in [-0.1, -0.05) is 29.3 Å². The Morgan fingerprint density at radius 1 is 1.08 bits per heavy atom. The smallest absolute Gasteiger partial charge is 0.211 e. The van der Waals surface area contributed by atoms with Crippen molar-refractivity contribution in [3.63, 3.8) is 0 Å². The van der Waals surface area contributed by atoms with E-state index in [1.54, 1.807) is 6.07 Å². The number of hydrogen-bond donors (Lipinski definition) is 0. The number of anilines is 3. The number of rotatable bonds is 4. The lowest BCUT2D eigenvalue weighted by molar-refractivity contribution is 0.603. The van der Waals surface area contributed by atoms with Gasteiger partial charge in [0.2, 0.25) is 5.95 Å². The lowest BCUT2D eigenvalue weighted by Crippen LogP contribution is -2.29. The third-order valence-corrected chi connectivity index (χ3v) is 5.57. The summed E-state index contributed by atoms with van der Waals surface area (Å²) < 4.78 is 2.33. The van der Waals surface area contributed by atoms with Crippen LogP contribution in [0.4, 0.5) is 17.3 Å². The van der Waals surface area contributed by atoms with Gasteiger partial charge in [-0.05, 0) is 50.6 Å². The molecule has 0 amide bonds. The van der Waals surface area contributed by atoms with Crippen LogP contribution in [0.5, 0.6) is 0 Å². The molecule has 0 radical (unpaired) electrons. The molecular weight excluding hydrogens is 367 g/mol. The van der Waals surface area contributed by atoms with E-state index in [1.807, 2.05) is 12.1 Å². The molecule has 4 rings (SSSR count). The van der Waals surface area contributed by atoms with Crippen LogP contribution in [-0.2, 0) is 6.54 Å². The minimum Gasteiger partial charge on any atom is -0.370 e. The van der Waals surface area contributed by atoms with Crippen molar-refractivity contribution in [2.45, 2.75) is 26.8 Å². The zero-order chi connectivity index (χ0) is 18.3. The Kier molecular flexibility index (Phi) is 4.72. The van der Waals surface area contributed by atoms with Crippen LogP contribution in [0.3, 0.4) is 0 Å². The Bertz CT molecular complexity index is 946. The van der Waals surface area contributed by atoms with Gasteiger partial charge < -0.3 is 14.4 Å². The monoisotopic (exact) mass is 388 g/mol. The molecule has 2 heterocycles. The van der Waals surface area contributed by atoms with Crippen LogP contribution in [0, 0.1) is 0 Å². The van der Waals surface area contributed by atoms with Gasteiger partial charge in [-0.25, -0.2) is 4.98 Å². The lowest BCUT2D eigenvalue weighted by Gasteiger charge is -2.30. The quantitative estimate of drug-likeness (QED) is 0.570. The first-order chi connectivity index (χ1) is 12.6. The van der Waals surface area contributed by atoms with E-state index in [4.69, 9.17) is 28.2 Å². The maximum absolute atomic E-state index is 6.48. The van der Waals surface area contributed by atoms with Crippen molar-refractivity contribution < 1.29 is 0 Å². The van der Waals surface area contributed by atoms with E-state index in [0.717, 1.165) is 49.8 Å². The summed E-state index contributed by atoms with van der Waals surface area (Å²) in [6, 6.07) is 12.0. The van der Waals surface area contributed by atoms with E-state index >= 15 is 0 Å². The minimum atomic E-state index is 0.646. The number of fused-ring (bicyclic) bond motifs is 3. The molecule has 0 unspecified atom stereocenters. The Balaban J connectivity index is 1.90. The van der Waals surface area contributed by atoms with Crippen molar-refractivity contribution in [1.82, 2.24) is 9.55 Å². The summed E-state index contributed by atoms with van der Waals surface area (Å²) in [5, 5.41) is 1.30. The molecule has 0 atom stereocenters. The van der Waals surface area contributed by atoms with Crippen LogP contribution in [0.2, 0.25) is 10.0 Å². The summed E-state index contributed by atoms with van der Waals surface area (Å²) in [5.74, 6) is 0.954.